The maximum atomic E-state index is 13.0. The number of nitrogens with zero attached hydrogens (tertiary/aromatic N) is 1. The van der Waals surface area contributed by atoms with Gasteiger partial charge >= 0.3 is 5.97 Å². The van der Waals surface area contributed by atoms with Gasteiger partial charge in [0.1, 0.15) is 11.6 Å². The van der Waals surface area contributed by atoms with Crippen LogP contribution in [-0.2, 0) is 9.53 Å². The second kappa shape index (κ2) is 8.39. The lowest BCUT2D eigenvalue weighted by Gasteiger charge is -2.13. The third-order valence-corrected chi connectivity index (χ3v) is 4.81. The standard InChI is InChI=1S/C24H20FN3O3/c1-14-3-5-16(6-4-14)22-27-20-12-7-17(13-21(20)28-22)24(30)31-15(2)23(29)26-19-10-8-18(25)9-11-19/h3-13,15H,1-2H3,(H,26,29)(H,27,28). The number of imidazole rings is 1. The zero-order valence-electron chi connectivity index (χ0n) is 17.0. The normalized spacial score (nSPS) is 11.8. The van der Waals surface area contributed by atoms with Gasteiger partial charge in [-0.15, -0.1) is 0 Å². The Morgan fingerprint density at radius 3 is 2.45 bits per heavy atom. The number of fused-ring (bicyclic) bond motifs is 1. The molecule has 0 fully saturated rings. The Morgan fingerprint density at radius 2 is 1.74 bits per heavy atom. The van der Waals surface area contributed by atoms with E-state index in [9.17, 15) is 14.0 Å². The fourth-order valence-corrected chi connectivity index (χ4v) is 3.04. The van der Waals surface area contributed by atoms with E-state index in [1.165, 1.54) is 31.2 Å². The first-order valence-electron chi connectivity index (χ1n) is 9.73. The first kappa shape index (κ1) is 20.3. The van der Waals surface area contributed by atoms with Crippen LogP contribution in [0.4, 0.5) is 10.1 Å². The van der Waals surface area contributed by atoms with E-state index in [0.29, 0.717) is 28.1 Å². The fourth-order valence-electron chi connectivity index (χ4n) is 3.04. The smallest absolute Gasteiger partial charge is 0.338 e. The molecule has 0 radical (unpaired) electrons. The van der Waals surface area contributed by atoms with Crippen LogP contribution in [0.2, 0.25) is 0 Å². The minimum Gasteiger partial charge on any atom is -0.449 e. The molecule has 7 heteroatoms. The van der Waals surface area contributed by atoms with Crippen molar-refractivity contribution in [3.8, 4) is 11.4 Å². The number of H-pyrrole nitrogens is 1. The molecule has 1 heterocycles. The van der Waals surface area contributed by atoms with E-state index in [-0.39, 0.29) is 0 Å². The van der Waals surface area contributed by atoms with Crippen molar-refractivity contribution >= 4 is 28.6 Å². The first-order chi connectivity index (χ1) is 14.9. The lowest BCUT2D eigenvalue weighted by Crippen LogP contribution is -2.30. The first-order valence-corrected chi connectivity index (χ1v) is 9.73. The SMILES string of the molecule is Cc1ccc(-c2nc3ccc(C(=O)OC(C)C(=O)Nc4ccc(F)cc4)cc3[nH]2)cc1. The highest BCUT2D eigenvalue weighted by atomic mass is 19.1. The molecule has 4 aromatic rings. The van der Waals surface area contributed by atoms with Crippen molar-refractivity contribution in [3.63, 3.8) is 0 Å². The zero-order chi connectivity index (χ0) is 22.0. The van der Waals surface area contributed by atoms with E-state index < -0.39 is 23.8 Å². The summed E-state index contributed by atoms with van der Waals surface area (Å²) in [6.07, 6.45) is -1.03. The number of rotatable bonds is 5. The quantitative estimate of drug-likeness (QED) is 0.454. The number of esters is 1. The number of nitrogens with one attached hydrogen (secondary N) is 2. The van der Waals surface area contributed by atoms with Crippen LogP contribution < -0.4 is 5.32 Å². The van der Waals surface area contributed by atoms with Gasteiger partial charge in [0.15, 0.2) is 6.10 Å². The molecule has 1 amide bonds. The molecule has 6 nitrogen and oxygen atoms in total. The summed E-state index contributed by atoms with van der Waals surface area (Å²) in [6.45, 7) is 3.49. The molecular weight excluding hydrogens is 397 g/mol. The molecule has 0 saturated heterocycles. The van der Waals surface area contributed by atoms with Gasteiger partial charge in [-0.1, -0.05) is 29.8 Å². The Morgan fingerprint density at radius 1 is 1.03 bits per heavy atom. The third-order valence-electron chi connectivity index (χ3n) is 4.81. The number of carbonyl (C=O) groups excluding carboxylic acids is 2. The molecule has 0 bridgehead atoms. The van der Waals surface area contributed by atoms with Gasteiger partial charge in [-0.3, -0.25) is 4.79 Å². The number of hydrogen-bond acceptors (Lipinski definition) is 4. The second-order valence-corrected chi connectivity index (χ2v) is 7.23. The summed E-state index contributed by atoms with van der Waals surface area (Å²) in [4.78, 5) is 32.6. The fraction of sp³-hybridized carbons (Fsp3) is 0.125. The average Bonchev–Trinajstić information content (AvgIpc) is 3.19. The number of carbonyl (C=O) groups is 2. The van der Waals surface area contributed by atoms with Gasteiger partial charge in [-0.05, 0) is 56.3 Å². The van der Waals surface area contributed by atoms with E-state index in [4.69, 9.17) is 4.74 Å². The van der Waals surface area contributed by atoms with Crippen LogP contribution in [0.25, 0.3) is 22.4 Å². The Bertz CT molecular complexity index is 1250. The molecular formula is C24H20FN3O3. The van der Waals surface area contributed by atoms with Crippen LogP contribution >= 0.6 is 0 Å². The molecule has 1 unspecified atom stereocenters. The summed E-state index contributed by atoms with van der Waals surface area (Å²) in [5.41, 5.74) is 4.21. The number of hydrogen-bond donors (Lipinski definition) is 2. The number of amides is 1. The van der Waals surface area contributed by atoms with Crippen LogP contribution in [0.3, 0.4) is 0 Å². The summed E-state index contributed by atoms with van der Waals surface area (Å²) >= 11 is 0. The number of aromatic nitrogens is 2. The molecule has 1 atom stereocenters. The van der Waals surface area contributed by atoms with E-state index in [2.05, 4.69) is 15.3 Å². The zero-order valence-corrected chi connectivity index (χ0v) is 17.0. The lowest BCUT2D eigenvalue weighted by atomic mass is 10.1. The Hall–Kier alpha value is -4.00. The largest absolute Gasteiger partial charge is 0.449 e. The Balaban J connectivity index is 1.46. The highest BCUT2D eigenvalue weighted by molar-refractivity contribution is 5.98. The second-order valence-electron chi connectivity index (χ2n) is 7.23. The van der Waals surface area contributed by atoms with E-state index in [1.807, 2.05) is 31.2 Å². The van der Waals surface area contributed by atoms with Crippen molar-refractivity contribution in [3.05, 3.63) is 83.7 Å². The molecule has 0 aliphatic carbocycles. The van der Waals surface area contributed by atoms with Gasteiger partial charge in [-0.25, -0.2) is 14.2 Å². The molecule has 0 aliphatic heterocycles. The molecule has 2 N–H and O–H groups in total. The number of benzene rings is 3. The number of ether oxygens (including phenoxy) is 1. The summed E-state index contributed by atoms with van der Waals surface area (Å²) in [5, 5.41) is 2.58. The van der Waals surface area contributed by atoms with E-state index in [1.54, 1.807) is 18.2 Å². The summed E-state index contributed by atoms with van der Waals surface area (Å²) in [5.74, 6) is -0.843. The van der Waals surface area contributed by atoms with Gasteiger partial charge in [0, 0.05) is 11.3 Å². The predicted molar refractivity (Wildman–Crippen MR) is 116 cm³/mol. The van der Waals surface area contributed by atoms with Gasteiger partial charge in [0.05, 0.1) is 16.6 Å². The van der Waals surface area contributed by atoms with Gasteiger partial charge in [0.2, 0.25) is 0 Å². The third kappa shape index (κ3) is 4.61. The highest BCUT2D eigenvalue weighted by Gasteiger charge is 2.20. The van der Waals surface area contributed by atoms with Gasteiger partial charge in [0.25, 0.3) is 5.91 Å². The summed E-state index contributed by atoms with van der Waals surface area (Å²) in [6, 6.07) is 18.3. The van der Waals surface area contributed by atoms with Gasteiger partial charge in [-0.2, -0.15) is 0 Å². The minimum atomic E-state index is -1.03. The monoisotopic (exact) mass is 417 g/mol. The van der Waals surface area contributed by atoms with Gasteiger partial charge < -0.3 is 15.0 Å². The van der Waals surface area contributed by atoms with Crippen molar-refractivity contribution < 1.29 is 18.7 Å². The van der Waals surface area contributed by atoms with Crippen LogP contribution in [0.5, 0.6) is 0 Å². The minimum absolute atomic E-state index is 0.299. The molecule has 0 saturated carbocycles. The molecule has 4 rings (SSSR count). The lowest BCUT2D eigenvalue weighted by molar-refractivity contribution is -0.123. The van der Waals surface area contributed by atoms with Crippen LogP contribution in [0, 0.1) is 12.7 Å². The molecule has 31 heavy (non-hydrogen) atoms. The van der Waals surface area contributed by atoms with E-state index in [0.717, 1.165) is 11.1 Å². The number of aryl methyl sites for hydroxylation is 1. The van der Waals surface area contributed by atoms with Crippen molar-refractivity contribution in [1.29, 1.82) is 0 Å². The van der Waals surface area contributed by atoms with E-state index >= 15 is 0 Å². The molecule has 156 valence electrons. The highest BCUT2D eigenvalue weighted by Crippen LogP contribution is 2.22. The van der Waals surface area contributed by atoms with Crippen LogP contribution in [0.1, 0.15) is 22.8 Å². The Kier molecular flexibility index (Phi) is 5.49. The molecule has 1 aromatic heterocycles. The molecule has 3 aromatic carbocycles. The maximum Gasteiger partial charge on any atom is 0.338 e. The van der Waals surface area contributed by atoms with Crippen molar-refractivity contribution in [2.24, 2.45) is 0 Å². The van der Waals surface area contributed by atoms with Crippen LogP contribution in [0.15, 0.2) is 66.7 Å². The molecule has 0 spiro atoms. The number of aromatic amines is 1. The number of halogens is 1. The summed E-state index contributed by atoms with van der Waals surface area (Å²) in [7, 11) is 0. The number of anilines is 1. The summed E-state index contributed by atoms with van der Waals surface area (Å²) < 4.78 is 18.3. The Labute approximate surface area is 178 Å². The molecule has 0 aliphatic rings. The van der Waals surface area contributed by atoms with Crippen molar-refractivity contribution in [1.82, 2.24) is 9.97 Å². The maximum absolute atomic E-state index is 13.0. The van der Waals surface area contributed by atoms with Crippen molar-refractivity contribution in [2.75, 3.05) is 5.32 Å². The topological polar surface area (TPSA) is 84.1 Å². The van der Waals surface area contributed by atoms with Crippen LogP contribution in [-0.4, -0.2) is 27.9 Å². The van der Waals surface area contributed by atoms with Crippen molar-refractivity contribution in [2.45, 2.75) is 20.0 Å². The average molecular weight is 417 g/mol. The predicted octanol–water partition coefficient (Wildman–Crippen LogP) is 4.86.